The number of aromatic nitrogens is 3. The van der Waals surface area contributed by atoms with E-state index in [4.69, 9.17) is 0 Å². The number of rotatable bonds is 5. The second-order valence-corrected chi connectivity index (χ2v) is 9.23. The highest BCUT2D eigenvalue weighted by molar-refractivity contribution is 5.63. The lowest BCUT2D eigenvalue weighted by atomic mass is 9.68. The summed E-state index contributed by atoms with van der Waals surface area (Å²) in [5.41, 5.74) is 2.00. The number of hydrogen-bond acceptors (Lipinski definition) is 4. The normalized spacial score (nSPS) is 23.1. The summed E-state index contributed by atoms with van der Waals surface area (Å²) in [6, 6.07) is 11.7. The Balaban J connectivity index is 1.60. The fourth-order valence-corrected chi connectivity index (χ4v) is 5.86. The predicted octanol–water partition coefficient (Wildman–Crippen LogP) is 5.50. The minimum absolute atomic E-state index is 0.0430. The molecule has 5 rings (SSSR count). The van der Waals surface area contributed by atoms with Gasteiger partial charge in [0.25, 0.3) is 0 Å². The van der Waals surface area contributed by atoms with E-state index in [1.165, 1.54) is 18.2 Å². The van der Waals surface area contributed by atoms with Crippen molar-refractivity contribution in [2.45, 2.75) is 44.9 Å². The molecule has 2 aliphatic carbocycles. The number of fused-ring (bicyclic) bond motifs is 5. The van der Waals surface area contributed by atoms with Crippen molar-refractivity contribution in [3.05, 3.63) is 71.6 Å². The number of benzene rings is 1. The molecule has 0 amide bonds. The summed E-state index contributed by atoms with van der Waals surface area (Å²) in [6.07, 6.45) is 3.86. The van der Waals surface area contributed by atoms with E-state index in [0.29, 0.717) is 0 Å². The van der Waals surface area contributed by atoms with Gasteiger partial charge in [0.1, 0.15) is 17.5 Å². The third-order valence-corrected chi connectivity index (χ3v) is 7.65. The molecule has 2 aliphatic rings. The van der Waals surface area contributed by atoms with Gasteiger partial charge in [0.15, 0.2) is 0 Å². The van der Waals surface area contributed by atoms with Crippen LogP contribution >= 0.6 is 0 Å². The van der Waals surface area contributed by atoms with Crippen molar-refractivity contribution in [2.75, 3.05) is 18.0 Å². The third-order valence-electron chi connectivity index (χ3n) is 7.65. The standard InChI is InChI=1S/C25H26F2N4/c1-4-31(21-10-5-6-13-28-21)15-25-12-11-17(24(25,2)3)16-14-20(29-30-23(16)25)22-18(26)8-7-9-19(22)27/h5-10,13-14,17H,4,11-12,15H2,1-3H3/t17-,25-/m0/s1. The Hall–Kier alpha value is -2.89. The Bertz CT molecular complexity index is 1110. The van der Waals surface area contributed by atoms with Crippen molar-refractivity contribution in [2.24, 2.45) is 5.41 Å². The number of anilines is 1. The maximum Gasteiger partial charge on any atom is 0.135 e. The lowest BCUT2D eigenvalue weighted by Crippen LogP contribution is -2.47. The fraction of sp³-hybridized carbons (Fsp3) is 0.400. The molecule has 2 atom stereocenters. The lowest BCUT2D eigenvalue weighted by Gasteiger charge is -2.41. The molecule has 1 aromatic carbocycles. The molecule has 2 heterocycles. The molecule has 0 aliphatic heterocycles. The molecular weight excluding hydrogens is 394 g/mol. The van der Waals surface area contributed by atoms with Gasteiger partial charge in [-0.15, -0.1) is 0 Å². The van der Waals surface area contributed by atoms with Crippen LogP contribution in [0.4, 0.5) is 14.6 Å². The van der Waals surface area contributed by atoms with Crippen LogP contribution in [-0.4, -0.2) is 28.3 Å². The van der Waals surface area contributed by atoms with Crippen molar-refractivity contribution in [3.8, 4) is 11.3 Å². The largest absolute Gasteiger partial charge is 0.356 e. The first kappa shape index (κ1) is 20.0. The molecule has 0 radical (unpaired) electrons. The van der Waals surface area contributed by atoms with Crippen LogP contribution in [0, 0.1) is 17.0 Å². The van der Waals surface area contributed by atoms with Crippen LogP contribution in [0.1, 0.15) is 50.8 Å². The van der Waals surface area contributed by atoms with E-state index in [1.807, 2.05) is 30.5 Å². The van der Waals surface area contributed by atoms with E-state index < -0.39 is 11.6 Å². The summed E-state index contributed by atoms with van der Waals surface area (Å²) in [7, 11) is 0. The van der Waals surface area contributed by atoms with Crippen LogP contribution in [0.5, 0.6) is 0 Å². The maximum absolute atomic E-state index is 14.4. The first-order valence-electron chi connectivity index (χ1n) is 10.9. The molecule has 0 spiro atoms. The van der Waals surface area contributed by atoms with Crippen LogP contribution in [0.15, 0.2) is 48.7 Å². The van der Waals surface area contributed by atoms with Gasteiger partial charge in [0.2, 0.25) is 0 Å². The third kappa shape index (κ3) is 2.80. The highest BCUT2D eigenvalue weighted by Crippen LogP contribution is 2.67. The van der Waals surface area contributed by atoms with Crippen molar-refractivity contribution in [3.63, 3.8) is 0 Å². The fourth-order valence-electron chi connectivity index (χ4n) is 5.86. The zero-order valence-electron chi connectivity index (χ0n) is 18.1. The zero-order valence-corrected chi connectivity index (χ0v) is 18.1. The van der Waals surface area contributed by atoms with Gasteiger partial charge in [0.05, 0.1) is 17.0 Å². The zero-order chi connectivity index (χ0) is 21.8. The number of hydrogen-bond donors (Lipinski definition) is 0. The highest BCUT2D eigenvalue weighted by atomic mass is 19.1. The van der Waals surface area contributed by atoms with Gasteiger partial charge in [-0.05, 0) is 67.0 Å². The molecule has 6 heteroatoms. The summed E-state index contributed by atoms with van der Waals surface area (Å²) in [6.45, 7) is 8.35. The molecule has 4 nitrogen and oxygen atoms in total. The first-order valence-corrected chi connectivity index (χ1v) is 10.9. The Kier molecular flexibility index (Phi) is 4.57. The van der Waals surface area contributed by atoms with E-state index in [9.17, 15) is 8.78 Å². The average Bonchev–Trinajstić information content (AvgIpc) is 3.12. The molecular formula is C25H26F2N4. The smallest absolute Gasteiger partial charge is 0.135 e. The molecule has 0 saturated heterocycles. The van der Waals surface area contributed by atoms with Gasteiger partial charge in [-0.3, -0.25) is 0 Å². The second kappa shape index (κ2) is 7.08. The van der Waals surface area contributed by atoms with E-state index in [1.54, 1.807) is 0 Å². The number of halogens is 2. The molecule has 3 aromatic rings. The van der Waals surface area contributed by atoms with Crippen LogP contribution in [-0.2, 0) is 5.41 Å². The average molecular weight is 421 g/mol. The summed E-state index contributed by atoms with van der Waals surface area (Å²) in [5.74, 6) is 0.0106. The molecule has 160 valence electrons. The SMILES string of the molecule is CCN(C[C@@]12CC[C@@H](c3cc(-c4c(F)cccc4F)nnc31)C2(C)C)c1ccccn1. The van der Waals surface area contributed by atoms with Gasteiger partial charge in [0, 0.05) is 24.7 Å². The molecule has 0 unspecified atom stereocenters. The van der Waals surface area contributed by atoms with Crippen molar-refractivity contribution in [1.82, 2.24) is 15.2 Å². The van der Waals surface area contributed by atoms with Gasteiger partial charge in [-0.2, -0.15) is 10.2 Å². The van der Waals surface area contributed by atoms with Crippen LogP contribution in [0.2, 0.25) is 0 Å². The molecule has 1 fully saturated rings. The quantitative estimate of drug-likeness (QED) is 0.547. The minimum Gasteiger partial charge on any atom is -0.356 e. The van der Waals surface area contributed by atoms with Crippen LogP contribution < -0.4 is 4.90 Å². The summed E-state index contributed by atoms with van der Waals surface area (Å²) in [4.78, 5) is 6.85. The Morgan fingerprint density at radius 2 is 1.84 bits per heavy atom. The number of likely N-dealkylation sites (N-methyl/N-ethyl adjacent to an activating group) is 1. The molecule has 31 heavy (non-hydrogen) atoms. The topological polar surface area (TPSA) is 41.9 Å². The summed E-state index contributed by atoms with van der Waals surface area (Å²) < 4.78 is 28.8. The van der Waals surface area contributed by atoms with E-state index in [-0.39, 0.29) is 28.0 Å². The van der Waals surface area contributed by atoms with Gasteiger partial charge >= 0.3 is 0 Å². The lowest BCUT2D eigenvalue weighted by molar-refractivity contribution is 0.209. The molecule has 2 aromatic heterocycles. The number of pyridine rings is 1. The van der Waals surface area contributed by atoms with Gasteiger partial charge in [-0.1, -0.05) is 26.0 Å². The highest BCUT2D eigenvalue weighted by Gasteiger charge is 2.63. The van der Waals surface area contributed by atoms with Gasteiger partial charge < -0.3 is 4.90 Å². The van der Waals surface area contributed by atoms with E-state index in [0.717, 1.165) is 43.0 Å². The molecule has 1 saturated carbocycles. The van der Waals surface area contributed by atoms with Crippen molar-refractivity contribution < 1.29 is 8.78 Å². The van der Waals surface area contributed by atoms with E-state index in [2.05, 4.69) is 40.9 Å². The van der Waals surface area contributed by atoms with Crippen LogP contribution in [0.25, 0.3) is 11.3 Å². The molecule has 2 bridgehead atoms. The summed E-state index contributed by atoms with van der Waals surface area (Å²) in [5, 5.41) is 8.93. The maximum atomic E-state index is 14.4. The van der Waals surface area contributed by atoms with Crippen molar-refractivity contribution >= 4 is 5.82 Å². The van der Waals surface area contributed by atoms with E-state index >= 15 is 0 Å². The Morgan fingerprint density at radius 3 is 2.52 bits per heavy atom. The second-order valence-electron chi connectivity index (χ2n) is 9.23. The Labute approximate surface area is 181 Å². The Morgan fingerprint density at radius 1 is 1.06 bits per heavy atom. The number of nitrogens with zero attached hydrogens (tertiary/aromatic N) is 4. The van der Waals surface area contributed by atoms with Crippen LogP contribution in [0.3, 0.4) is 0 Å². The summed E-state index contributed by atoms with van der Waals surface area (Å²) >= 11 is 0. The molecule has 0 N–H and O–H groups in total. The monoisotopic (exact) mass is 420 g/mol. The van der Waals surface area contributed by atoms with Gasteiger partial charge in [-0.25, -0.2) is 13.8 Å². The first-order chi connectivity index (χ1) is 14.9. The predicted molar refractivity (Wildman–Crippen MR) is 117 cm³/mol. The minimum atomic E-state index is -0.612. The van der Waals surface area contributed by atoms with Crippen molar-refractivity contribution in [1.29, 1.82) is 0 Å².